The Kier molecular flexibility index (Phi) is 5.62. The van der Waals surface area contributed by atoms with E-state index in [1.165, 1.54) is 35.3 Å². The van der Waals surface area contributed by atoms with E-state index in [1.54, 1.807) is 12.1 Å². The van der Waals surface area contributed by atoms with Gasteiger partial charge in [0.1, 0.15) is 13.2 Å². The van der Waals surface area contributed by atoms with Crippen molar-refractivity contribution in [3.63, 3.8) is 0 Å². The van der Waals surface area contributed by atoms with Gasteiger partial charge in [0, 0.05) is 10.4 Å². The number of amides is 2. The number of carbonyl (C=O) groups excluding carboxylic acids is 2. The molecule has 2 amide bonds. The molecule has 1 aliphatic heterocycles. The second-order valence-corrected chi connectivity index (χ2v) is 8.32. The minimum absolute atomic E-state index is 0.308. The summed E-state index contributed by atoms with van der Waals surface area (Å²) in [6.07, 6.45) is 4.38. The van der Waals surface area contributed by atoms with Crippen molar-refractivity contribution < 1.29 is 23.8 Å². The van der Waals surface area contributed by atoms with E-state index in [-0.39, 0.29) is 5.91 Å². The number of ether oxygens (including phenoxy) is 3. The maximum absolute atomic E-state index is 12.5. The summed E-state index contributed by atoms with van der Waals surface area (Å²) in [7, 11) is 1.50. The normalized spacial score (nSPS) is 17.2. The molecule has 0 bridgehead atoms. The lowest BCUT2D eigenvalue weighted by Gasteiger charge is -2.21. The van der Waals surface area contributed by atoms with Crippen LogP contribution in [0.4, 0.5) is 0 Å². The zero-order valence-corrected chi connectivity index (χ0v) is 17.3. The predicted molar refractivity (Wildman–Crippen MR) is 109 cm³/mol. The predicted octanol–water partition coefficient (Wildman–Crippen LogP) is 3.12. The van der Waals surface area contributed by atoms with Gasteiger partial charge in [0.2, 0.25) is 5.75 Å². The molecule has 154 valence electrons. The molecule has 0 radical (unpaired) electrons. The molecule has 1 aromatic carbocycles. The molecule has 2 heterocycles. The Bertz CT molecular complexity index is 922. The molecule has 0 unspecified atom stereocenters. The van der Waals surface area contributed by atoms with Gasteiger partial charge in [0.25, 0.3) is 11.8 Å². The van der Waals surface area contributed by atoms with Crippen LogP contribution in [-0.4, -0.2) is 32.1 Å². The molecule has 1 aromatic heterocycles. The van der Waals surface area contributed by atoms with Gasteiger partial charge in [-0.25, -0.2) is 0 Å². The third-order valence-corrected chi connectivity index (χ3v) is 6.60. The summed E-state index contributed by atoms with van der Waals surface area (Å²) in [6, 6.07) is 5.09. The van der Waals surface area contributed by atoms with Crippen LogP contribution >= 0.6 is 11.3 Å². The fourth-order valence-corrected chi connectivity index (χ4v) is 4.81. The molecule has 29 heavy (non-hydrogen) atoms. The van der Waals surface area contributed by atoms with Gasteiger partial charge in [0.15, 0.2) is 11.5 Å². The highest BCUT2D eigenvalue weighted by atomic mass is 32.1. The first-order chi connectivity index (χ1) is 14.1. The Balaban J connectivity index is 1.42. The Morgan fingerprint density at radius 1 is 1.17 bits per heavy atom. The van der Waals surface area contributed by atoms with Gasteiger partial charge in [-0.1, -0.05) is 13.3 Å². The number of aryl methyl sites for hydroxylation is 1. The Morgan fingerprint density at radius 3 is 2.76 bits per heavy atom. The van der Waals surface area contributed by atoms with Gasteiger partial charge in [-0.05, 0) is 48.9 Å². The lowest BCUT2D eigenvalue weighted by atomic mass is 9.87. The number of rotatable bonds is 4. The van der Waals surface area contributed by atoms with Gasteiger partial charge in [-0.3, -0.25) is 20.4 Å². The Hall–Kier alpha value is -2.74. The van der Waals surface area contributed by atoms with Gasteiger partial charge >= 0.3 is 0 Å². The summed E-state index contributed by atoms with van der Waals surface area (Å²) < 4.78 is 16.4. The maximum atomic E-state index is 12.5. The van der Waals surface area contributed by atoms with Crippen LogP contribution in [0, 0.1) is 5.92 Å². The molecular formula is C21H24N2O5S. The molecule has 8 heteroatoms. The quantitative estimate of drug-likeness (QED) is 0.748. The van der Waals surface area contributed by atoms with Gasteiger partial charge in [-0.15, -0.1) is 11.3 Å². The number of carbonyl (C=O) groups is 2. The van der Waals surface area contributed by atoms with Crippen molar-refractivity contribution in [2.24, 2.45) is 5.92 Å². The molecular weight excluding hydrogens is 392 g/mol. The van der Waals surface area contributed by atoms with Crippen molar-refractivity contribution in [3.05, 3.63) is 39.1 Å². The number of hydrogen-bond donors (Lipinski definition) is 2. The van der Waals surface area contributed by atoms with Crippen molar-refractivity contribution in [3.8, 4) is 17.2 Å². The summed E-state index contributed by atoms with van der Waals surface area (Å²) >= 11 is 1.51. The van der Waals surface area contributed by atoms with Gasteiger partial charge in [-0.2, -0.15) is 0 Å². The monoisotopic (exact) mass is 416 g/mol. The fraction of sp³-hybridized carbons (Fsp3) is 0.429. The van der Waals surface area contributed by atoms with Crippen LogP contribution in [0.3, 0.4) is 0 Å². The molecule has 2 N–H and O–H groups in total. The van der Waals surface area contributed by atoms with Crippen molar-refractivity contribution in [1.29, 1.82) is 0 Å². The highest BCUT2D eigenvalue weighted by Crippen LogP contribution is 2.40. The zero-order valence-electron chi connectivity index (χ0n) is 16.5. The van der Waals surface area contributed by atoms with Crippen LogP contribution in [0.15, 0.2) is 18.2 Å². The molecule has 0 saturated carbocycles. The van der Waals surface area contributed by atoms with E-state index in [4.69, 9.17) is 14.2 Å². The SMILES string of the molecule is CC[C@H]1CCc2sc(C(=O)NNC(=O)c3cc(OC)c4c(c3)OCCO4)cc2C1. The Morgan fingerprint density at radius 2 is 1.97 bits per heavy atom. The lowest BCUT2D eigenvalue weighted by molar-refractivity contribution is 0.0848. The van der Waals surface area contributed by atoms with Crippen LogP contribution < -0.4 is 25.1 Å². The van der Waals surface area contributed by atoms with E-state index >= 15 is 0 Å². The molecule has 4 rings (SSSR count). The number of hydrogen-bond acceptors (Lipinski definition) is 6. The summed E-state index contributed by atoms with van der Waals surface area (Å²) in [5.74, 6) is 1.27. The molecule has 2 aromatic rings. The standard InChI is InChI=1S/C21H24N2O5S/c1-3-12-4-5-17-13(8-12)11-18(29-17)21(25)23-22-20(24)14-9-15(26-2)19-16(10-14)27-6-7-28-19/h9-12H,3-8H2,1-2H3,(H,22,24)(H,23,25)/t12-/m0/s1. The van der Waals surface area contributed by atoms with E-state index in [1.807, 2.05) is 6.07 Å². The second kappa shape index (κ2) is 8.32. The highest BCUT2D eigenvalue weighted by molar-refractivity contribution is 7.14. The lowest BCUT2D eigenvalue weighted by Crippen LogP contribution is -2.41. The number of nitrogens with one attached hydrogen (secondary N) is 2. The first-order valence-corrected chi connectivity index (χ1v) is 10.6. The highest BCUT2D eigenvalue weighted by Gasteiger charge is 2.23. The smallest absolute Gasteiger partial charge is 0.279 e. The molecule has 0 saturated heterocycles. The van der Waals surface area contributed by atoms with Crippen LogP contribution in [-0.2, 0) is 12.8 Å². The molecule has 2 aliphatic rings. The topological polar surface area (TPSA) is 85.9 Å². The second-order valence-electron chi connectivity index (χ2n) is 7.19. The fourth-order valence-electron chi connectivity index (χ4n) is 3.71. The molecule has 0 fully saturated rings. The van der Waals surface area contributed by atoms with Crippen LogP contribution in [0.2, 0.25) is 0 Å². The van der Waals surface area contributed by atoms with Crippen LogP contribution in [0.25, 0.3) is 0 Å². The average Bonchev–Trinajstić information content (AvgIpc) is 3.19. The van der Waals surface area contributed by atoms with Crippen molar-refractivity contribution in [2.75, 3.05) is 20.3 Å². The minimum Gasteiger partial charge on any atom is -0.493 e. The van der Waals surface area contributed by atoms with E-state index in [9.17, 15) is 9.59 Å². The molecule has 1 aliphatic carbocycles. The minimum atomic E-state index is -0.457. The van der Waals surface area contributed by atoms with E-state index in [0.717, 1.165) is 19.3 Å². The number of thiophene rings is 1. The third kappa shape index (κ3) is 4.03. The summed E-state index contributed by atoms with van der Waals surface area (Å²) in [6.45, 7) is 3.03. The summed E-state index contributed by atoms with van der Waals surface area (Å²) in [5.41, 5.74) is 6.55. The first kappa shape index (κ1) is 19.6. The van der Waals surface area contributed by atoms with E-state index < -0.39 is 5.91 Å². The van der Waals surface area contributed by atoms with Crippen LogP contribution in [0.5, 0.6) is 17.2 Å². The number of benzene rings is 1. The molecule has 7 nitrogen and oxygen atoms in total. The van der Waals surface area contributed by atoms with Crippen molar-refractivity contribution >= 4 is 23.2 Å². The largest absolute Gasteiger partial charge is 0.493 e. The number of fused-ring (bicyclic) bond motifs is 2. The Labute approximate surface area is 173 Å². The van der Waals surface area contributed by atoms with E-state index in [0.29, 0.717) is 46.8 Å². The number of hydrazine groups is 1. The first-order valence-electron chi connectivity index (χ1n) is 9.79. The van der Waals surface area contributed by atoms with Crippen LogP contribution in [0.1, 0.15) is 50.2 Å². The van der Waals surface area contributed by atoms with Crippen molar-refractivity contribution in [1.82, 2.24) is 10.9 Å². The average molecular weight is 416 g/mol. The third-order valence-electron chi connectivity index (χ3n) is 5.37. The van der Waals surface area contributed by atoms with Gasteiger partial charge < -0.3 is 14.2 Å². The maximum Gasteiger partial charge on any atom is 0.279 e. The molecule has 1 atom stereocenters. The van der Waals surface area contributed by atoms with Crippen molar-refractivity contribution in [2.45, 2.75) is 32.6 Å². The van der Waals surface area contributed by atoms with E-state index in [2.05, 4.69) is 17.8 Å². The number of methoxy groups -OCH3 is 1. The zero-order chi connectivity index (χ0) is 20.4. The summed E-state index contributed by atoms with van der Waals surface area (Å²) in [4.78, 5) is 27.0. The molecule has 0 spiro atoms. The van der Waals surface area contributed by atoms with Gasteiger partial charge in [0.05, 0.1) is 12.0 Å². The summed E-state index contributed by atoms with van der Waals surface area (Å²) in [5, 5.41) is 0.